The van der Waals surface area contributed by atoms with Crippen molar-refractivity contribution in [3.63, 3.8) is 0 Å². The Labute approximate surface area is 179 Å². The summed E-state index contributed by atoms with van der Waals surface area (Å²) in [6.07, 6.45) is 0.986. The summed E-state index contributed by atoms with van der Waals surface area (Å²) in [6, 6.07) is 14.1. The standard InChI is InChI=1S/C23H31N3O3S/c1-17-9-11-21(12-10-17)30(28,29)25-18(2)22(27)24-16-23(3,4)26-14-13-19-7-5-6-8-20(19)15-26/h5-12,18,25H,13-16H2,1-4H3,(H,24,27)/t18-/m1/s1. The zero-order valence-corrected chi connectivity index (χ0v) is 18.9. The van der Waals surface area contributed by atoms with Gasteiger partial charge >= 0.3 is 0 Å². The molecule has 2 N–H and O–H groups in total. The molecular formula is C23H31N3O3S. The van der Waals surface area contributed by atoms with Crippen LogP contribution in [-0.2, 0) is 27.8 Å². The van der Waals surface area contributed by atoms with Crippen LogP contribution in [0.1, 0.15) is 37.5 Å². The Balaban J connectivity index is 1.57. The Hall–Kier alpha value is -2.22. The molecule has 0 saturated carbocycles. The number of benzene rings is 2. The summed E-state index contributed by atoms with van der Waals surface area (Å²) in [5.41, 5.74) is 3.43. The van der Waals surface area contributed by atoms with Crippen LogP contribution in [0.4, 0.5) is 0 Å². The Morgan fingerprint density at radius 1 is 1.10 bits per heavy atom. The number of hydrogen-bond donors (Lipinski definition) is 2. The maximum Gasteiger partial charge on any atom is 0.241 e. The monoisotopic (exact) mass is 429 g/mol. The molecule has 1 aliphatic rings. The van der Waals surface area contributed by atoms with E-state index in [-0.39, 0.29) is 16.3 Å². The lowest BCUT2D eigenvalue weighted by Gasteiger charge is -2.41. The van der Waals surface area contributed by atoms with Gasteiger partial charge in [-0.25, -0.2) is 8.42 Å². The highest BCUT2D eigenvalue weighted by molar-refractivity contribution is 7.89. The highest BCUT2D eigenvalue weighted by Crippen LogP contribution is 2.25. The summed E-state index contributed by atoms with van der Waals surface area (Å²) < 4.78 is 27.5. The molecule has 0 radical (unpaired) electrons. The Morgan fingerprint density at radius 3 is 2.40 bits per heavy atom. The first kappa shape index (κ1) is 22.5. The number of hydrogen-bond acceptors (Lipinski definition) is 4. The number of nitrogens with zero attached hydrogens (tertiary/aromatic N) is 1. The number of carbonyl (C=O) groups excluding carboxylic acids is 1. The lowest BCUT2D eigenvalue weighted by atomic mass is 9.94. The Morgan fingerprint density at radius 2 is 1.73 bits per heavy atom. The fourth-order valence-electron chi connectivity index (χ4n) is 3.65. The highest BCUT2D eigenvalue weighted by Gasteiger charge is 2.31. The first-order chi connectivity index (χ1) is 14.1. The number of sulfonamides is 1. The van der Waals surface area contributed by atoms with Gasteiger partial charge in [0.15, 0.2) is 0 Å². The SMILES string of the molecule is Cc1ccc(S(=O)(=O)N[C@H](C)C(=O)NCC(C)(C)N2CCc3ccccc3C2)cc1. The third kappa shape index (κ3) is 5.28. The third-order valence-electron chi connectivity index (χ3n) is 5.74. The van der Waals surface area contributed by atoms with Crippen LogP contribution in [0.2, 0.25) is 0 Å². The van der Waals surface area contributed by atoms with Crippen molar-refractivity contribution >= 4 is 15.9 Å². The van der Waals surface area contributed by atoms with E-state index < -0.39 is 16.1 Å². The lowest BCUT2D eigenvalue weighted by molar-refractivity contribution is -0.123. The third-order valence-corrected chi connectivity index (χ3v) is 7.30. The van der Waals surface area contributed by atoms with Crippen LogP contribution in [0.15, 0.2) is 53.4 Å². The summed E-state index contributed by atoms with van der Waals surface area (Å²) in [5.74, 6) is -0.337. The molecule has 1 atom stereocenters. The molecule has 1 amide bonds. The molecule has 1 heterocycles. The van der Waals surface area contributed by atoms with Gasteiger partial charge in [-0.2, -0.15) is 4.72 Å². The zero-order valence-electron chi connectivity index (χ0n) is 18.1. The highest BCUT2D eigenvalue weighted by atomic mass is 32.2. The minimum absolute atomic E-state index is 0.153. The van der Waals surface area contributed by atoms with Crippen molar-refractivity contribution in [1.82, 2.24) is 14.9 Å². The fourth-order valence-corrected chi connectivity index (χ4v) is 4.86. The van der Waals surface area contributed by atoms with Crippen molar-refractivity contribution in [3.05, 3.63) is 65.2 Å². The molecule has 7 heteroatoms. The predicted octanol–water partition coefficient (Wildman–Crippen LogP) is 2.61. The predicted molar refractivity (Wildman–Crippen MR) is 119 cm³/mol. The molecule has 0 aromatic heterocycles. The zero-order chi connectivity index (χ0) is 21.9. The van der Waals surface area contributed by atoms with E-state index in [4.69, 9.17) is 0 Å². The minimum Gasteiger partial charge on any atom is -0.353 e. The molecule has 30 heavy (non-hydrogen) atoms. The van der Waals surface area contributed by atoms with Gasteiger partial charge in [-0.15, -0.1) is 0 Å². The number of aryl methyl sites for hydroxylation is 1. The van der Waals surface area contributed by atoms with Gasteiger partial charge in [-0.05, 0) is 57.4 Å². The maximum atomic E-state index is 12.6. The van der Waals surface area contributed by atoms with Crippen LogP contribution >= 0.6 is 0 Å². The van der Waals surface area contributed by atoms with E-state index in [0.717, 1.165) is 25.1 Å². The van der Waals surface area contributed by atoms with Gasteiger partial charge in [-0.3, -0.25) is 9.69 Å². The van der Waals surface area contributed by atoms with Crippen molar-refractivity contribution < 1.29 is 13.2 Å². The molecule has 0 saturated heterocycles. The van der Waals surface area contributed by atoms with E-state index in [1.807, 2.05) is 6.92 Å². The molecule has 3 rings (SSSR count). The Kier molecular flexibility index (Phi) is 6.65. The van der Waals surface area contributed by atoms with Crippen LogP contribution < -0.4 is 10.0 Å². The van der Waals surface area contributed by atoms with Crippen molar-refractivity contribution in [1.29, 1.82) is 0 Å². The largest absolute Gasteiger partial charge is 0.353 e. The van der Waals surface area contributed by atoms with E-state index in [1.165, 1.54) is 11.1 Å². The average Bonchev–Trinajstić information content (AvgIpc) is 2.71. The number of fused-ring (bicyclic) bond motifs is 1. The number of nitrogens with one attached hydrogen (secondary N) is 2. The molecule has 2 aromatic rings. The van der Waals surface area contributed by atoms with Crippen molar-refractivity contribution in [2.75, 3.05) is 13.1 Å². The van der Waals surface area contributed by atoms with E-state index >= 15 is 0 Å². The van der Waals surface area contributed by atoms with Gasteiger partial charge in [-0.1, -0.05) is 42.0 Å². The normalized spacial score (nSPS) is 16.0. The first-order valence-electron chi connectivity index (χ1n) is 10.3. The molecule has 1 aliphatic heterocycles. The van der Waals surface area contributed by atoms with Gasteiger partial charge in [0.05, 0.1) is 10.9 Å². The molecular weight excluding hydrogens is 398 g/mol. The molecule has 0 fully saturated rings. The quantitative estimate of drug-likeness (QED) is 0.709. The van der Waals surface area contributed by atoms with Crippen LogP contribution in [0.3, 0.4) is 0 Å². The smallest absolute Gasteiger partial charge is 0.241 e. The van der Waals surface area contributed by atoms with Crippen LogP contribution in [-0.4, -0.2) is 43.9 Å². The van der Waals surface area contributed by atoms with Gasteiger partial charge in [0.2, 0.25) is 15.9 Å². The lowest BCUT2D eigenvalue weighted by Crippen LogP contribution is -2.55. The van der Waals surface area contributed by atoms with E-state index in [9.17, 15) is 13.2 Å². The summed E-state index contributed by atoms with van der Waals surface area (Å²) in [5, 5.41) is 2.92. The summed E-state index contributed by atoms with van der Waals surface area (Å²) in [6.45, 7) is 9.85. The summed E-state index contributed by atoms with van der Waals surface area (Å²) in [7, 11) is -3.75. The van der Waals surface area contributed by atoms with Crippen molar-refractivity contribution in [3.8, 4) is 0 Å². The van der Waals surface area contributed by atoms with Crippen molar-refractivity contribution in [2.45, 2.75) is 57.1 Å². The molecule has 0 unspecified atom stereocenters. The van der Waals surface area contributed by atoms with Crippen LogP contribution in [0, 0.1) is 6.92 Å². The van der Waals surface area contributed by atoms with Gasteiger partial charge in [0, 0.05) is 25.2 Å². The molecule has 0 aliphatic carbocycles. The molecule has 2 aromatic carbocycles. The van der Waals surface area contributed by atoms with E-state index in [0.29, 0.717) is 6.54 Å². The van der Waals surface area contributed by atoms with Gasteiger partial charge < -0.3 is 5.32 Å². The average molecular weight is 430 g/mol. The van der Waals surface area contributed by atoms with Crippen LogP contribution in [0.5, 0.6) is 0 Å². The Bertz CT molecular complexity index is 1000. The maximum absolute atomic E-state index is 12.6. The number of carbonyl (C=O) groups is 1. The number of amides is 1. The first-order valence-corrected chi connectivity index (χ1v) is 11.8. The minimum atomic E-state index is -3.75. The summed E-state index contributed by atoms with van der Waals surface area (Å²) >= 11 is 0. The molecule has 0 bridgehead atoms. The van der Waals surface area contributed by atoms with Gasteiger partial charge in [0.25, 0.3) is 0 Å². The molecule has 6 nitrogen and oxygen atoms in total. The fraction of sp³-hybridized carbons (Fsp3) is 0.435. The molecule has 162 valence electrons. The number of rotatable bonds is 7. The van der Waals surface area contributed by atoms with Crippen molar-refractivity contribution in [2.24, 2.45) is 0 Å². The van der Waals surface area contributed by atoms with Gasteiger partial charge in [0.1, 0.15) is 0 Å². The van der Waals surface area contributed by atoms with E-state index in [1.54, 1.807) is 31.2 Å². The second kappa shape index (κ2) is 8.88. The van der Waals surface area contributed by atoms with Crippen LogP contribution in [0.25, 0.3) is 0 Å². The molecule has 0 spiro atoms. The second-order valence-corrected chi connectivity index (χ2v) is 10.3. The second-order valence-electron chi connectivity index (χ2n) is 8.63. The topological polar surface area (TPSA) is 78.5 Å². The van der Waals surface area contributed by atoms with E-state index in [2.05, 4.69) is 53.1 Å². The summed E-state index contributed by atoms with van der Waals surface area (Å²) in [4.78, 5) is 15.1.